The number of carbonyl (C=O) groups excluding carboxylic acids is 1. The average molecular weight is 252 g/mol. The van der Waals surface area contributed by atoms with Gasteiger partial charge in [0.25, 0.3) is 0 Å². The second-order valence-corrected chi connectivity index (χ2v) is 6.28. The van der Waals surface area contributed by atoms with E-state index < -0.39 is 0 Å². The standard InChI is InChI=1S/C15H28N2O/c1-12-7-9-14(10-8-12)17(2)15(18)11-16-13-5-3-4-6-13/h12-14,16H,3-11H2,1-2H3. The smallest absolute Gasteiger partial charge is 0.236 e. The lowest BCUT2D eigenvalue weighted by Gasteiger charge is -2.34. The van der Waals surface area contributed by atoms with Gasteiger partial charge in [-0.2, -0.15) is 0 Å². The number of carbonyl (C=O) groups is 1. The molecule has 3 heteroatoms. The highest BCUT2D eigenvalue weighted by Gasteiger charge is 2.25. The van der Waals surface area contributed by atoms with Crippen molar-refractivity contribution in [3.8, 4) is 0 Å². The van der Waals surface area contributed by atoms with E-state index in [0.29, 0.717) is 18.6 Å². The summed E-state index contributed by atoms with van der Waals surface area (Å²) in [5.74, 6) is 1.13. The molecule has 18 heavy (non-hydrogen) atoms. The summed E-state index contributed by atoms with van der Waals surface area (Å²) in [4.78, 5) is 14.1. The van der Waals surface area contributed by atoms with Gasteiger partial charge >= 0.3 is 0 Å². The summed E-state index contributed by atoms with van der Waals surface area (Å²) in [5.41, 5.74) is 0. The third-order valence-electron chi connectivity index (χ3n) is 4.82. The first kappa shape index (κ1) is 13.9. The fourth-order valence-corrected chi connectivity index (χ4v) is 3.32. The Bertz CT molecular complexity index is 266. The average Bonchev–Trinajstić information content (AvgIpc) is 2.89. The van der Waals surface area contributed by atoms with Gasteiger partial charge in [-0.15, -0.1) is 0 Å². The number of rotatable bonds is 4. The van der Waals surface area contributed by atoms with Crippen molar-refractivity contribution in [2.75, 3.05) is 13.6 Å². The Kier molecular flexibility index (Phi) is 5.04. The van der Waals surface area contributed by atoms with Gasteiger partial charge in [-0.3, -0.25) is 4.79 Å². The molecular formula is C15H28N2O. The minimum atomic E-state index is 0.279. The molecule has 0 heterocycles. The van der Waals surface area contributed by atoms with E-state index in [1.807, 2.05) is 11.9 Å². The first-order chi connectivity index (χ1) is 8.66. The molecule has 104 valence electrons. The SMILES string of the molecule is CC1CCC(N(C)C(=O)CNC2CCCC2)CC1. The van der Waals surface area contributed by atoms with Crippen molar-refractivity contribution in [2.24, 2.45) is 5.92 Å². The first-order valence-electron chi connectivity index (χ1n) is 7.66. The molecule has 2 rings (SSSR count). The van der Waals surface area contributed by atoms with E-state index in [-0.39, 0.29) is 5.91 Å². The van der Waals surface area contributed by atoms with E-state index >= 15 is 0 Å². The van der Waals surface area contributed by atoms with Crippen LogP contribution in [-0.4, -0.2) is 36.5 Å². The Morgan fingerprint density at radius 1 is 1.11 bits per heavy atom. The van der Waals surface area contributed by atoms with Crippen LogP contribution in [0.25, 0.3) is 0 Å². The van der Waals surface area contributed by atoms with E-state index in [1.165, 1.54) is 51.4 Å². The molecule has 1 N–H and O–H groups in total. The van der Waals surface area contributed by atoms with Crippen molar-refractivity contribution >= 4 is 5.91 Å². The van der Waals surface area contributed by atoms with Gasteiger partial charge in [0, 0.05) is 19.1 Å². The van der Waals surface area contributed by atoms with Crippen LogP contribution >= 0.6 is 0 Å². The molecule has 1 amide bonds. The van der Waals surface area contributed by atoms with Crippen molar-refractivity contribution in [3.05, 3.63) is 0 Å². The minimum absolute atomic E-state index is 0.279. The fraction of sp³-hybridized carbons (Fsp3) is 0.933. The summed E-state index contributed by atoms with van der Waals surface area (Å²) in [7, 11) is 1.99. The third-order valence-corrected chi connectivity index (χ3v) is 4.82. The number of nitrogens with zero attached hydrogens (tertiary/aromatic N) is 1. The maximum atomic E-state index is 12.1. The fourth-order valence-electron chi connectivity index (χ4n) is 3.32. The van der Waals surface area contributed by atoms with Gasteiger partial charge in [-0.25, -0.2) is 0 Å². The molecule has 3 nitrogen and oxygen atoms in total. The van der Waals surface area contributed by atoms with Crippen LogP contribution in [0.4, 0.5) is 0 Å². The summed E-state index contributed by atoms with van der Waals surface area (Å²) in [6.07, 6.45) is 10.1. The normalized spacial score (nSPS) is 29.4. The Morgan fingerprint density at radius 3 is 2.33 bits per heavy atom. The van der Waals surface area contributed by atoms with Crippen LogP contribution in [0, 0.1) is 5.92 Å². The largest absolute Gasteiger partial charge is 0.342 e. The Hall–Kier alpha value is -0.570. The van der Waals surface area contributed by atoms with Crippen molar-refractivity contribution in [1.82, 2.24) is 10.2 Å². The molecule has 2 fully saturated rings. The topological polar surface area (TPSA) is 32.3 Å². The summed E-state index contributed by atoms with van der Waals surface area (Å²) >= 11 is 0. The third kappa shape index (κ3) is 3.71. The van der Waals surface area contributed by atoms with Crippen LogP contribution in [0.5, 0.6) is 0 Å². The molecule has 0 unspecified atom stereocenters. The zero-order valence-corrected chi connectivity index (χ0v) is 12.0. The highest BCUT2D eigenvalue weighted by Crippen LogP contribution is 2.26. The van der Waals surface area contributed by atoms with Crippen molar-refractivity contribution < 1.29 is 4.79 Å². The maximum absolute atomic E-state index is 12.1. The number of amides is 1. The predicted octanol–water partition coefficient (Wildman–Crippen LogP) is 2.56. The second-order valence-electron chi connectivity index (χ2n) is 6.28. The number of likely N-dealkylation sites (N-methyl/N-ethyl adjacent to an activating group) is 1. The van der Waals surface area contributed by atoms with Crippen molar-refractivity contribution in [2.45, 2.75) is 70.4 Å². The molecule has 2 saturated carbocycles. The Balaban J connectivity index is 1.70. The zero-order chi connectivity index (χ0) is 13.0. The molecule has 0 atom stereocenters. The van der Waals surface area contributed by atoms with Crippen LogP contribution in [0.15, 0.2) is 0 Å². The van der Waals surface area contributed by atoms with Gasteiger partial charge in [0.15, 0.2) is 0 Å². The second kappa shape index (κ2) is 6.55. The van der Waals surface area contributed by atoms with Crippen LogP contribution in [0.2, 0.25) is 0 Å². The van der Waals surface area contributed by atoms with E-state index in [2.05, 4.69) is 12.2 Å². The molecule has 0 saturated heterocycles. The molecule has 0 aromatic rings. The lowest BCUT2D eigenvalue weighted by Crippen LogP contribution is -2.45. The molecule has 2 aliphatic rings. The van der Waals surface area contributed by atoms with Crippen molar-refractivity contribution in [1.29, 1.82) is 0 Å². The molecule has 0 aliphatic heterocycles. The van der Waals surface area contributed by atoms with Gasteiger partial charge < -0.3 is 10.2 Å². The van der Waals surface area contributed by atoms with Crippen molar-refractivity contribution in [3.63, 3.8) is 0 Å². The van der Waals surface area contributed by atoms with Crippen LogP contribution in [-0.2, 0) is 4.79 Å². The number of hydrogen-bond donors (Lipinski definition) is 1. The predicted molar refractivity (Wildman–Crippen MR) is 74.4 cm³/mol. The van der Waals surface area contributed by atoms with E-state index in [4.69, 9.17) is 0 Å². The van der Waals surface area contributed by atoms with Crippen LogP contribution in [0.3, 0.4) is 0 Å². The lowest BCUT2D eigenvalue weighted by atomic mass is 9.87. The Labute approximate surface area is 111 Å². The zero-order valence-electron chi connectivity index (χ0n) is 12.0. The van der Waals surface area contributed by atoms with Crippen LogP contribution < -0.4 is 5.32 Å². The summed E-state index contributed by atoms with van der Waals surface area (Å²) < 4.78 is 0. The molecule has 2 aliphatic carbocycles. The Morgan fingerprint density at radius 2 is 1.72 bits per heavy atom. The minimum Gasteiger partial charge on any atom is -0.342 e. The van der Waals surface area contributed by atoms with Gasteiger partial charge in [-0.05, 0) is 44.4 Å². The molecular weight excluding hydrogens is 224 g/mol. The molecule has 0 bridgehead atoms. The number of hydrogen-bond acceptors (Lipinski definition) is 2. The van der Waals surface area contributed by atoms with E-state index in [1.54, 1.807) is 0 Å². The van der Waals surface area contributed by atoms with Gasteiger partial charge in [0.05, 0.1) is 6.54 Å². The quantitative estimate of drug-likeness (QED) is 0.834. The first-order valence-corrected chi connectivity index (χ1v) is 7.66. The highest BCUT2D eigenvalue weighted by molar-refractivity contribution is 5.78. The molecule has 0 spiro atoms. The molecule has 0 aromatic carbocycles. The molecule has 0 radical (unpaired) electrons. The van der Waals surface area contributed by atoms with Gasteiger partial charge in [-0.1, -0.05) is 19.8 Å². The maximum Gasteiger partial charge on any atom is 0.236 e. The summed E-state index contributed by atoms with van der Waals surface area (Å²) in [6, 6.07) is 1.08. The molecule has 0 aromatic heterocycles. The van der Waals surface area contributed by atoms with E-state index in [0.717, 1.165) is 5.92 Å². The van der Waals surface area contributed by atoms with E-state index in [9.17, 15) is 4.79 Å². The summed E-state index contributed by atoms with van der Waals surface area (Å²) in [6.45, 7) is 2.85. The van der Waals surface area contributed by atoms with Gasteiger partial charge in [0.2, 0.25) is 5.91 Å². The lowest BCUT2D eigenvalue weighted by molar-refractivity contribution is -0.131. The van der Waals surface area contributed by atoms with Crippen LogP contribution in [0.1, 0.15) is 58.3 Å². The number of nitrogens with one attached hydrogen (secondary N) is 1. The highest BCUT2D eigenvalue weighted by atomic mass is 16.2. The monoisotopic (exact) mass is 252 g/mol. The summed E-state index contributed by atoms with van der Waals surface area (Å²) in [5, 5.41) is 3.42. The van der Waals surface area contributed by atoms with Gasteiger partial charge in [0.1, 0.15) is 0 Å².